The second-order valence-corrected chi connectivity index (χ2v) is 4.29. The van der Waals surface area contributed by atoms with Crippen LogP contribution in [0, 0.1) is 6.92 Å². The minimum absolute atomic E-state index is 0.342. The highest BCUT2D eigenvalue weighted by molar-refractivity contribution is 5.91. The predicted molar refractivity (Wildman–Crippen MR) is 64.3 cm³/mol. The number of aromatic nitrogens is 3. The van der Waals surface area contributed by atoms with Crippen LogP contribution in [0.3, 0.4) is 0 Å². The Morgan fingerprint density at radius 2 is 2.28 bits per heavy atom. The molecule has 0 spiro atoms. The van der Waals surface area contributed by atoms with E-state index in [1.807, 2.05) is 0 Å². The highest BCUT2D eigenvalue weighted by Gasteiger charge is 2.32. The molecule has 2 N–H and O–H groups in total. The van der Waals surface area contributed by atoms with E-state index in [0.717, 1.165) is 0 Å². The zero-order valence-electron chi connectivity index (χ0n) is 10.4. The molecule has 96 valence electrons. The van der Waals surface area contributed by atoms with Crippen LogP contribution >= 0.6 is 0 Å². The Hall–Kier alpha value is -2.18. The van der Waals surface area contributed by atoms with Crippen molar-refractivity contribution in [3.8, 4) is 0 Å². The number of fused-ring (bicyclic) bond motifs is 1. The first kappa shape index (κ1) is 12.3. The van der Waals surface area contributed by atoms with Crippen LogP contribution in [0.4, 0.5) is 5.82 Å². The lowest BCUT2D eigenvalue weighted by Crippen LogP contribution is -2.43. The molecule has 2 aromatic rings. The molecule has 2 aromatic heterocycles. The van der Waals surface area contributed by atoms with E-state index < -0.39 is 11.5 Å². The molecule has 0 aliphatic carbocycles. The van der Waals surface area contributed by atoms with Gasteiger partial charge >= 0.3 is 5.97 Å². The molecule has 18 heavy (non-hydrogen) atoms. The largest absolute Gasteiger partial charge is 0.480 e. The Bertz CT molecular complexity index is 595. The number of carboxylic acids is 1. The van der Waals surface area contributed by atoms with Crippen molar-refractivity contribution in [1.82, 2.24) is 15.1 Å². The molecule has 7 heteroatoms. The lowest BCUT2D eigenvalue weighted by atomic mass is 9.99. The number of rotatable bonds is 4. The summed E-state index contributed by atoms with van der Waals surface area (Å²) in [6.45, 7) is 5.15. The Morgan fingerprint density at radius 1 is 1.56 bits per heavy atom. The van der Waals surface area contributed by atoms with Gasteiger partial charge in [0, 0.05) is 0 Å². The molecule has 0 bridgehead atoms. The number of anilines is 1. The molecule has 0 aliphatic rings. The number of aliphatic carboxylic acids is 1. The van der Waals surface area contributed by atoms with E-state index in [4.69, 9.17) is 4.52 Å². The first-order chi connectivity index (χ1) is 8.48. The van der Waals surface area contributed by atoms with Gasteiger partial charge in [0.1, 0.15) is 23.1 Å². The maximum Gasteiger partial charge on any atom is 0.329 e. The lowest BCUT2D eigenvalue weighted by molar-refractivity contribution is -0.141. The maximum absolute atomic E-state index is 11.3. The van der Waals surface area contributed by atoms with Gasteiger partial charge in [-0.25, -0.2) is 9.78 Å². The molecule has 0 aromatic carbocycles. The maximum atomic E-state index is 11.3. The SMILES string of the molecule is CCC(C)(Nc1ncnc2onc(C)c12)C(=O)O. The summed E-state index contributed by atoms with van der Waals surface area (Å²) in [6.07, 6.45) is 1.73. The Labute approximate surface area is 103 Å². The van der Waals surface area contributed by atoms with Crippen LogP contribution in [-0.4, -0.2) is 31.7 Å². The van der Waals surface area contributed by atoms with E-state index in [2.05, 4.69) is 20.4 Å². The third kappa shape index (κ3) is 1.87. The molecule has 0 radical (unpaired) electrons. The minimum Gasteiger partial charge on any atom is -0.480 e. The number of hydrogen-bond acceptors (Lipinski definition) is 6. The quantitative estimate of drug-likeness (QED) is 0.849. The first-order valence-corrected chi connectivity index (χ1v) is 5.56. The summed E-state index contributed by atoms with van der Waals surface area (Å²) in [6, 6.07) is 0. The van der Waals surface area contributed by atoms with E-state index in [1.165, 1.54) is 6.33 Å². The number of nitrogens with zero attached hydrogens (tertiary/aromatic N) is 3. The van der Waals surface area contributed by atoms with E-state index in [1.54, 1.807) is 20.8 Å². The molecule has 0 fully saturated rings. The highest BCUT2D eigenvalue weighted by Crippen LogP contribution is 2.26. The first-order valence-electron chi connectivity index (χ1n) is 5.56. The number of aryl methyl sites for hydroxylation is 1. The van der Waals surface area contributed by atoms with Crippen LogP contribution in [0.25, 0.3) is 11.1 Å². The number of nitrogens with one attached hydrogen (secondary N) is 1. The normalized spacial score (nSPS) is 14.4. The second-order valence-electron chi connectivity index (χ2n) is 4.29. The van der Waals surface area contributed by atoms with E-state index in [0.29, 0.717) is 29.0 Å². The van der Waals surface area contributed by atoms with Crippen LogP contribution in [0.15, 0.2) is 10.9 Å². The molecular formula is C11H14N4O3. The lowest BCUT2D eigenvalue weighted by Gasteiger charge is -2.25. The summed E-state index contributed by atoms with van der Waals surface area (Å²) in [4.78, 5) is 19.3. The van der Waals surface area contributed by atoms with Crippen molar-refractivity contribution in [3.05, 3.63) is 12.0 Å². The molecule has 0 saturated heterocycles. The zero-order valence-corrected chi connectivity index (χ0v) is 10.4. The summed E-state index contributed by atoms with van der Waals surface area (Å²) in [5.41, 5.74) is -0.129. The second kappa shape index (κ2) is 4.25. The molecule has 1 unspecified atom stereocenters. The van der Waals surface area contributed by atoms with Crippen molar-refractivity contribution >= 4 is 22.9 Å². The van der Waals surface area contributed by atoms with Gasteiger partial charge in [0.05, 0.1) is 5.69 Å². The van der Waals surface area contributed by atoms with Gasteiger partial charge in [-0.15, -0.1) is 0 Å². The number of carbonyl (C=O) groups is 1. The van der Waals surface area contributed by atoms with Crippen molar-refractivity contribution in [1.29, 1.82) is 0 Å². The third-order valence-corrected chi connectivity index (χ3v) is 3.02. The fraction of sp³-hybridized carbons (Fsp3) is 0.455. The Balaban J connectivity index is 2.49. The van der Waals surface area contributed by atoms with Crippen molar-refractivity contribution < 1.29 is 14.4 Å². The Morgan fingerprint density at radius 3 is 2.89 bits per heavy atom. The van der Waals surface area contributed by atoms with Gasteiger partial charge in [-0.3, -0.25) is 0 Å². The van der Waals surface area contributed by atoms with Crippen molar-refractivity contribution in [3.63, 3.8) is 0 Å². The van der Waals surface area contributed by atoms with Gasteiger partial charge in [-0.05, 0) is 20.3 Å². The van der Waals surface area contributed by atoms with Gasteiger partial charge in [-0.1, -0.05) is 12.1 Å². The van der Waals surface area contributed by atoms with Crippen LogP contribution in [0.2, 0.25) is 0 Å². The van der Waals surface area contributed by atoms with Crippen molar-refractivity contribution in [2.45, 2.75) is 32.7 Å². The van der Waals surface area contributed by atoms with Crippen LogP contribution in [0.5, 0.6) is 0 Å². The zero-order chi connectivity index (χ0) is 13.3. The summed E-state index contributed by atoms with van der Waals surface area (Å²) in [5, 5.41) is 16.6. The van der Waals surface area contributed by atoms with Crippen molar-refractivity contribution in [2.75, 3.05) is 5.32 Å². The summed E-state index contributed by atoms with van der Waals surface area (Å²) in [5.74, 6) is -0.517. The molecule has 2 rings (SSSR count). The van der Waals surface area contributed by atoms with Gasteiger partial charge < -0.3 is 14.9 Å². The summed E-state index contributed by atoms with van der Waals surface area (Å²) < 4.78 is 5.01. The number of carboxylic acid groups (broad SMARTS) is 1. The molecule has 0 aliphatic heterocycles. The number of hydrogen-bond donors (Lipinski definition) is 2. The third-order valence-electron chi connectivity index (χ3n) is 3.02. The fourth-order valence-electron chi connectivity index (χ4n) is 1.57. The van der Waals surface area contributed by atoms with Crippen LogP contribution in [-0.2, 0) is 4.79 Å². The van der Waals surface area contributed by atoms with Gasteiger partial charge in [0.15, 0.2) is 0 Å². The monoisotopic (exact) mass is 250 g/mol. The van der Waals surface area contributed by atoms with Crippen molar-refractivity contribution in [2.24, 2.45) is 0 Å². The molecule has 2 heterocycles. The summed E-state index contributed by atoms with van der Waals surface area (Å²) in [7, 11) is 0. The van der Waals surface area contributed by atoms with Gasteiger partial charge in [-0.2, -0.15) is 4.98 Å². The fourth-order valence-corrected chi connectivity index (χ4v) is 1.57. The van der Waals surface area contributed by atoms with Gasteiger partial charge in [0.25, 0.3) is 5.71 Å². The molecule has 0 saturated carbocycles. The average molecular weight is 250 g/mol. The predicted octanol–water partition coefficient (Wildman–Crippen LogP) is 1.59. The average Bonchev–Trinajstić information content (AvgIpc) is 2.72. The standard InChI is InChI=1S/C11H14N4O3/c1-4-11(3,10(16)17)14-8-7-6(2)15-18-9(7)13-5-12-8/h5H,4H2,1-3H3,(H,16,17)(H,12,13,14). The van der Waals surface area contributed by atoms with Gasteiger partial charge in [0.2, 0.25) is 0 Å². The molecule has 7 nitrogen and oxygen atoms in total. The Kier molecular flexibility index (Phi) is 2.90. The molecule has 1 atom stereocenters. The smallest absolute Gasteiger partial charge is 0.329 e. The summed E-state index contributed by atoms with van der Waals surface area (Å²) >= 11 is 0. The molecule has 0 amide bonds. The molecular weight excluding hydrogens is 236 g/mol. The van der Waals surface area contributed by atoms with Crippen LogP contribution in [0.1, 0.15) is 26.0 Å². The minimum atomic E-state index is -1.09. The van der Waals surface area contributed by atoms with Crippen LogP contribution < -0.4 is 5.32 Å². The topological polar surface area (TPSA) is 101 Å². The highest BCUT2D eigenvalue weighted by atomic mass is 16.5. The van der Waals surface area contributed by atoms with E-state index in [9.17, 15) is 9.90 Å². The van der Waals surface area contributed by atoms with E-state index >= 15 is 0 Å². The van der Waals surface area contributed by atoms with E-state index in [-0.39, 0.29) is 0 Å².